The van der Waals surface area contributed by atoms with Crippen molar-refractivity contribution in [2.24, 2.45) is 15.9 Å². The van der Waals surface area contributed by atoms with Gasteiger partial charge in [-0.25, -0.2) is 4.99 Å². The van der Waals surface area contributed by atoms with E-state index >= 15 is 0 Å². The molecule has 2 unspecified atom stereocenters. The average molecular weight is 338 g/mol. The van der Waals surface area contributed by atoms with Gasteiger partial charge in [-0.3, -0.25) is 4.99 Å². The summed E-state index contributed by atoms with van der Waals surface area (Å²) in [5, 5.41) is 3.25. The Labute approximate surface area is 145 Å². The second-order valence-electron chi connectivity index (χ2n) is 6.58. The van der Waals surface area contributed by atoms with Crippen molar-refractivity contribution in [1.29, 1.82) is 0 Å². The maximum absolute atomic E-state index is 5.62. The number of rotatable bonds is 11. The van der Waals surface area contributed by atoms with Crippen LogP contribution in [0.4, 0.5) is 0 Å². The smallest absolute Gasteiger partial charge is 0.128 e. The number of nitrogens with zero attached hydrogens (tertiary/aromatic N) is 3. The van der Waals surface area contributed by atoms with E-state index in [9.17, 15) is 0 Å². The van der Waals surface area contributed by atoms with Gasteiger partial charge in [0.15, 0.2) is 0 Å². The zero-order valence-corrected chi connectivity index (χ0v) is 15.8. The molecule has 4 nitrogen and oxygen atoms in total. The average Bonchev–Trinajstić information content (AvgIpc) is 3.10. The normalized spacial score (nSPS) is 21.0. The number of hydrogen-bond acceptors (Lipinski definition) is 5. The van der Waals surface area contributed by atoms with Crippen molar-refractivity contribution >= 4 is 22.6 Å². The maximum atomic E-state index is 5.62. The zero-order chi connectivity index (χ0) is 16.7. The van der Waals surface area contributed by atoms with Crippen LogP contribution in [0, 0.1) is 5.92 Å². The van der Waals surface area contributed by atoms with Crippen molar-refractivity contribution in [2.75, 3.05) is 26.2 Å². The van der Waals surface area contributed by atoms with Crippen molar-refractivity contribution in [3.63, 3.8) is 0 Å². The van der Waals surface area contributed by atoms with E-state index in [4.69, 9.17) is 9.73 Å². The van der Waals surface area contributed by atoms with Gasteiger partial charge in [0.05, 0.1) is 6.10 Å². The first-order valence-electron chi connectivity index (χ1n) is 8.93. The minimum atomic E-state index is 0.227. The number of fused-ring (bicyclic) bond motifs is 1. The summed E-state index contributed by atoms with van der Waals surface area (Å²) in [6, 6.07) is 0.227. The van der Waals surface area contributed by atoms with Crippen LogP contribution in [0.3, 0.4) is 0 Å². The summed E-state index contributed by atoms with van der Waals surface area (Å²) in [4.78, 5) is 11.9. The first-order valence-corrected chi connectivity index (χ1v) is 9.81. The Morgan fingerprint density at radius 3 is 2.74 bits per heavy atom. The summed E-state index contributed by atoms with van der Waals surface area (Å²) in [5.74, 6) is 1.51. The third kappa shape index (κ3) is 6.05. The molecule has 130 valence electrons. The predicted octanol–water partition coefficient (Wildman–Crippen LogP) is 3.98. The Hall–Kier alpha value is -0.650. The maximum Gasteiger partial charge on any atom is 0.128 e. The van der Waals surface area contributed by atoms with Gasteiger partial charge in [-0.05, 0) is 57.7 Å². The fraction of sp³-hybridized carbons (Fsp3) is 0.778. The molecular formula is C18H31N3OS. The molecule has 0 saturated carbocycles. The van der Waals surface area contributed by atoms with Gasteiger partial charge >= 0.3 is 0 Å². The molecule has 0 aromatic heterocycles. The highest BCUT2D eigenvalue weighted by Gasteiger charge is 2.26. The number of ether oxygens (including phenoxy) is 1. The molecule has 0 aromatic rings. The van der Waals surface area contributed by atoms with Crippen LogP contribution in [-0.2, 0) is 4.74 Å². The van der Waals surface area contributed by atoms with E-state index in [1.54, 1.807) is 11.8 Å². The van der Waals surface area contributed by atoms with Gasteiger partial charge in [0, 0.05) is 19.1 Å². The van der Waals surface area contributed by atoms with E-state index in [0.717, 1.165) is 50.0 Å². The minimum Gasteiger partial charge on any atom is -0.379 e. The van der Waals surface area contributed by atoms with Crippen molar-refractivity contribution in [3.8, 4) is 0 Å². The van der Waals surface area contributed by atoms with E-state index in [-0.39, 0.29) is 6.04 Å². The standard InChI is InChI=1S/C18H31N3OS/c1-5-21(11-7-12-22-14(2)3)10-6-8-15(4)17-19-16-9-13-23-18(16)20-17/h9,13-16H,5-8,10-12H2,1-4H3. The lowest BCUT2D eigenvalue weighted by Gasteiger charge is -2.21. The molecule has 0 N–H and O–H groups in total. The molecule has 2 atom stereocenters. The van der Waals surface area contributed by atoms with Gasteiger partial charge in [0.2, 0.25) is 0 Å². The Balaban J connectivity index is 1.62. The minimum absolute atomic E-state index is 0.227. The van der Waals surface area contributed by atoms with E-state index in [0.29, 0.717) is 12.0 Å². The molecule has 2 heterocycles. The molecule has 0 aromatic carbocycles. The second-order valence-corrected chi connectivity index (χ2v) is 7.51. The first-order chi connectivity index (χ1) is 11.1. The number of hydrogen-bond donors (Lipinski definition) is 0. The fourth-order valence-corrected chi connectivity index (χ4v) is 3.62. The van der Waals surface area contributed by atoms with Gasteiger partial charge in [-0.1, -0.05) is 25.6 Å². The fourth-order valence-electron chi connectivity index (χ4n) is 2.83. The van der Waals surface area contributed by atoms with Crippen LogP contribution < -0.4 is 0 Å². The van der Waals surface area contributed by atoms with Crippen LogP contribution in [0.1, 0.15) is 47.0 Å². The Kier molecular flexibility index (Phi) is 7.80. The molecule has 0 fully saturated rings. The topological polar surface area (TPSA) is 37.2 Å². The molecule has 0 amide bonds. The molecule has 2 rings (SSSR count). The molecule has 5 heteroatoms. The SMILES string of the molecule is CCN(CCCOC(C)C)CCCC(C)C1=NC2C=CSC2=N1. The summed E-state index contributed by atoms with van der Waals surface area (Å²) < 4.78 is 5.62. The molecule has 0 aliphatic carbocycles. The molecule has 0 saturated heterocycles. The largest absolute Gasteiger partial charge is 0.379 e. The van der Waals surface area contributed by atoms with Crippen LogP contribution in [0.2, 0.25) is 0 Å². The predicted molar refractivity (Wildman–Crippen MR) is 102 cm³/mol. The highest BCUT2D eigenvalue weighted by molar-refractivity contribution is 8.17. The highest BCUT2D eigenvalue weighted by atomic mass is 32.2. The lowest BCUT2D eigenvalue weighted by Crippen LogP contribution is -2.27. The lowest BCUT2D eigenvalue weighted by molar-refractivity contribution is 0.0707. The van der Waals surface area contributed by atoms with Gasteiger partial charge in [0.1, 0.15) is 16.9 Å². The second kappa shape index (κ2) is 9.60. The molecule has 0 spiro atoms. The Bertz CT molecular complexity index is 459. The van der Waals surface area contributed by atoms with E-state index in [1.807, 2.05) is 0 Å². The van der Waals surface area contributed by atoms with Crippen molar-refractivity contribution < 1.29 is 4.74 Å². The molecule has 2 aliphatic heterocycles. The summed E-state index contributed by atoms with van der Waals surface area (Å²) in [6.45, 7) is 13.0. The number of aliphatic imine (C=N–C) groups is 2. The Morgan fingerprint density at radius 2 is 2.04 bits per heavy atom. The van der Waals surface area contributed by atoms with Crippen LogP contribution in [0.5, 0.6) is 0 Å². The molecule has 0 radical (unpaired) electrons. The first kappa shape index (κ1) is 18.7. The lowest BCUT2D eigenvalue weighted by atomic mass is 10.0. The zero-order valence-electron chi connectivity index (χ0n) is 15.0. The quantitative estimate of drug-likeness (QED) is 0.535. The summed E-state index contributed by atoms with van der Waals surface area (Å²) >= 11 is 1.71. The van der Waals surface area contributed by atoms with Crippen LogP contribution in [-0.4, -0.2) is 54.2 Å². The third-order valence-corrected chi connectivity index (χ3v) is 5.14. The van der Waals surface area contributed by atoms with Gasteiger partial charge in [-0.2, -0.15) is 0 Å². The van der Waals surface area contributed by atoms with Gasteiger partial charge in [0.25, 0.3) is 0 Å². The third-order valence-electron chi connectivity index (χ3n) is 4.27. The van der Waals surface area contributed by atoms with Crippen LogP contribution >= 0.6 is 11.8 Å². The number of amidine groups is 1. The van der Waals surface area contributed by atoms with Gasteiger partial charge < -0.3 is 9.64 Å². The van der Waals surface area contributed by atoms with Crippen molar-refractivity contribution in [2.45, 2.75) is 59.1 Å². The van der Waals surface area contributed by atoms with Crippen LogP contribution in [0.25, 0.3) is 0 Å². The molecule has 0 bridgehead atoms. The summed E-state index contributed by atoms with van der Waals surface area (Å²) in [6.07, 6.45) is 5.97. The van der Waals surface area contributed by atoms with Crippen LogP contribution in [0.15, 0.2) is 21.5 Å². The van der Waals surface area contributed by atoms with E-state index < -0.39 is 0 Å². The van der Waals surface area contributed by atoms with E-state index in [2.05, 4.69) is 49.1 Å². The summed E-state index contributed by atoms with van der Waals surface area (Å²) in [5.41, 5.74) is 0. The summed E-state index contributed by atoms with van der Waals surface area (Å²) in [7, 11) is 0. The van der Waals surface area contributed by atoms with Crippen molar-refractivity contribution in [1.82, 2.24) is 4.90 Å². The molecule has 2 aliphatic rings. The van der Waals surface area contributed by atoms with Crippen molar-refractivity contribution in [3.05, 3.63) is 11.5 Å². The Morgan fingerprint density at radius 1 is 1.26 bits per heavy atom. The highest BCUT2D eigenvalue weighted by Crippen LogP contribution is 2.28. The number of thioether (sulfide) groups is 1. The molecule has 23 heavy (non-hydrogen) atoms. The molecular weight excluding hydrogens is 306 g/mol. The van der Waals surface area contributed by atoms with Gasteiger partial charge in [-0.15, -0.1) is 0 Å². The van der Waals surface area contributed by atoms with E-state index in [1.165, 1.54) is 6.42 Å². The monoisotopic (exact) mass is 337 g/mol.